The summed E-state index contributed by atoms with van der Waals surface area (Å²) in [5.74, 6) is -0.516. The lowest BCUT2D eigenvalue weighted by Crippen LogP contribution is -2.33. The minimum atomic E-state index is -5.52. The summed E-state index contributed by atoms with van der Waals surface area (Å²) in [6, 6.07) is 0. The van der Waals surface area contributed by atoms with E-state index >= 15 is 0 Å². The third-order valence-electron chi connectivity index (χ3n) is 3.15. The van der Waals surface area contributed by atoms with Crippen LogP contribution in [0.4, 0.5) is 13.2 Å². The Labute approximate surface area is 118 Å². The number of Topliss-reactive ketones (excluding diaryl/α,β-unsaturated/α-hetero) is 1. The second-order valence-electron chi connectivity index (χ2n) is 5.42. The van der Waals surface area contributed by atoms with Crippen molar-refractivity contribution < 1.29 is 30.0 Å². The first-order valence-electron chi connectivity index (χ1n) is 6.24. The van der Waals surface area contributed by atoms with Crippen molar-refractivity contribution in [1.82, 2.24) is 0 Å². The average molecular weight is 337 g/mol. The van der Waals surface area contributed by atoms with E-state index in [-0.39, 0.29) is 17.5 Å². The molecule has 1 fully saturated rings. The number of hydrogen-bond donors (Lipinski definition) is 0. The summed E-state index contributed by atoms with van der Waals surface area (Å²) in [5.41, 5.74) is -5.40. The van der Waals surface area contributed by atoms with E-state index in [0.717, 1.165) is 32.1 Å². The standard InChI is InChI=1S/C11H19F3O4S2/c1-19(2,18-20(16,17)11(12,13)14)8-10(15)9-6-4-3-5-7-9/h9H,3-8H2,1-2H3/p+1. The van der Waals surface area contributed by atoms with Crippen LogP contribution in [0, 0.1) is 5.92 Å². The quantitative estimate of drug-likeness (QED) is 0.440. The Morgan fingerprint density at radius 3 is 2.10 bits per heavy atom. The second-order valence-corrected chi connectivity index (χ2v) is 10.7. The van der Waals surface area contributed by atoms with E-state index in [1.807, 2.05) is 0 Å². The van der Waals surface area contributed by atoms with Gasteiger partial charge in [-0.25, -0.2) is 0 Å². The summed E-state index contributed by atoms with van der Waals surface area (Å²) < 4.78 is 62.0. The number of alkyl halides is 3. The van der Waals surface area contributed by atoms with Crippen LogP contribution in [0.15, 0.2) is 0 Å². The van der Waals surface area contributed by atoms with E-state index < -0.39 is 25.9 Å². The Morgan fingerprint density at radius 2 is 1.65 bits per heavy atom. The summed E-state index contributed by atoms with van der Waals surface area (Å²) in [7, 11) is -8.03. The molecule has 0 radical (unpaired) electrons. The first-order chi connectivity index (χ1) is 8.95. The highest BCUT2D eigenvalue weighted by molar-refractivity contribution is 8.31. The van der Waals surface area contributed by atoms with Gasteiger partial charge in [0.1, 0.15) is 0 Å². The van der Waals surface area contributed by atoms with Gasteiger partial charge in [-0.15, -0.1) is 8.42 Å². The van der Waals surface area contributed by atoms with E-state index in [0.29, 0.717) is 0 Å². The fourth-order valence-corrected chi connectivity index (χ4v) is 5.83. The Hall–Kier alpha value is -0.280. The summed E-state index contributed by atoms with van der Waals surface area (Å²) in [4.78, 5) is 12.0. The minimum absolute atomic E-state index is 0.153. The predicted molar refractivity (Wildman–Crippen MR) is 73.5 cm³/mol. The zero-order valence-electron chi connectivity index (χ0n) is 11.4. The van der Waals surface area contributed by atoms with Crippen LogP contribution in [0.5, 0.6) is 0 Å². The highest BCUT2D eigenvalue weighted by Gasteiger charge is 2.55. The van der Waals surface area contributed by atoms with Gasteiger partial charge in [0.15, 0.2) is 5.78 Å². The number of carbonyl (C=O) groups excluding carboxylic acids is 1. The summed E-state index contributed by atoms with van der Waals surface area (Å²) in [6.45, 7) is 0. The van der Waals surface area contributed by atoms with Gasteiger partial charge in [0.25, 0.3) is 0 Å². The molecule has 0 heterocycles. The predicted octanol–water partition coefficient (Wildman–Crippen LogP) is 3.06. The van der Waals surface area contributed by atoms with E-state index in [2.05, 4.69) is 3.63 Å². The number of halogens is 3. The third-order valence-corrected chi connectivity index (χ3v) is 7.12. The Kier molecular flexibility index (Phi) is 5.53. The van der Waals surface area contributed by atoms with Crippen LogP contribution in [0.25, 0.3) is 0 Å². The van der Waals surface area contributed by atoms with Crippen LogP contribution >= 0.6 is 10.3 Å². The monoisotopic (exact) mass is 337 g/mol. The smallest absolute Gasteiger partial charge is 0.298 e. The van der Waals surface area contributed by atoms with Crippen molar-refractivity contribution in [3.63, 3.8) is 0 Å². The van der Waals surface area contributed by atoms with Crippen molar-refractivity contribution in [3.8, 4) is 0 Å². The Balaban J connectivity index is 2.67. The Morgan fingerprint density at radius 1 is 1.15 bits per heavy atom. The fraction of sp³-hybridized carbons (Fsp3) is 0.909. The molecule has 0 saturated heterocycles. The maximum absolute atomic E-state index is 12.3. The van der Waals surface area contributed by atoms with Gasteiger partial charge in [0.05, 0.1) is 5.75 Å². The van der Waals surface area contributed by atoms with E-state index in [9.17, 15) is 26.4 Å². The first-order valence-corrected chi connectivity index (χ1v) is 10.3. The molecule has 1 rings (SSSR count). The summed E-state index contributed by atoms with van der Waals surface area (Å²) >= 11 is 0. The maximum atomic E-state index is 12.3. The number of hydrogen-bond acceptors (Lipinski definition) is 3. The largest absolute Gasteiger partial charge is 0.572 e. The molecular weight excluding hydrogens is 317 g/mol. The second kappa shape index (κ2) is 6.23. The number of rotatable bonds is 5. The van der Waals surface area contributed by atoms with Crippen molar-refractivity contribution in [3.05, 3.63) is 0 Å². The normalized spacial score (nSPS) is 19.9. The lowest BCUT2D eigenvalue weighted by molar-refractivity contribution is -0.121. The summed E-state index contributed by atoms with van der Waals surface area (Å²) in [6.07, 6.45) is 7.04. The first kappa shape index (κ1) is 17.8. The minimum Gasteiger partial charge on any atom is -0.298 e. The van der Waals surface area contributed by atoms with E-state index in [1.165, 1.54) is 12.5 Å². The molecule has 1 N–H and O–H groups in total. The maximum Gasteiger partial charge on any atom is 0.572 e. The van der Waals surface area contributed by atoms with Gasteiger partial charge in [0, 0.05) is 18.4 Å². The zero-order valence-corrected chi connectivity index (χ0v) is 13.1. The van der Waals surface area contributed by atoms with Crippen molar-refractivity contribution >= 4 is 26.2 Å². The molecule has 0 atom stereocenters. The molecule has 0 unspecified atom stereocenters. The molecule has 120 valence electrons. The Bertz CT molecular complexity index is 451. The topological polar surface area (TPSA) is 64.0 Å². The average Bonchev–Trinajstić information content (AvgIpc) is 2.26. The molecule has 0 aromatic heterocycles. The zero-order chi connectivity index (χ0) is 15.6. The molecule has 0 aliphatic heterocycles. The van der Waals surface area contributed by atoms with Gasteiger partial charge >= 0.3 is 15.6 Å². The van der Waals surface area contributed by atoms with Gasteiger partial charge in [-0.1, -0.05) is 19.3 Å². The van der Waals surface area contributed by atoms with Crippen LogP contribution < -0.4 is 0 Å². The molecule has 1 saturated carbocycles. The van der Waals surface area contributed by atoms with Gasteiger partial charge < -0.3 is 0 Å². The molecule has 0 aromatic rings. The highest BCUT2D eigenvalue weighted by Crippen LogP contribution is 2.44. The number of carbonyl (C=O) groups is 1. The lowest BCUT2D eigenvalue weighted by atomic mass is 9.87. The molecule has 1 aliphatic carbocycles. The van der Waals surface area contributed by atoms with Crippen molar-refractivity contribution in [2.75, 3.05) is 18.3 Å². The summed E-state index contributed by atoms with van der Waals surface area (Å²) in [5, 5.41) is 0. The van der Waals surface area contributed by atoms with E-state index in [1.54, 1.807) is 0 Å². The van der Waals surface area contributed by atoms with Crippen molar-refractivity contribution in [2.24, 2.45) is 5.92 Å². The molecule has 1 aliphatic rings. The molecular formula is C11H20F3O4S2+. The molecule has 20 heavy (non-hydrogen) atoms. The van der Waals surface area contributed by atoms with E-state index in [4.69, 9.17) is 0 Å². The van der Waals surface area contributed by atoms with Crippen LogP contribution in [0.1, 0.15) is 32.1 Å². The SMILES string of the molecule is CS(C)(CC(=O)C1CCCCC1)[OH+]S(=O)(=O)C(F)(F)F. The van der Waals surface area contributed by atoms with Crippen molar-refractivity contribution in [2.45, 2.75) is 37.6 Å². The molecule has 0 amide bonds. The van der Waals surface area contributed by atoms with Gasteiger partial charge in [0.2, 0.25) is 0 Å². The fourth-order valence-electron chi connectivity index (χ4n) is 2.22. The molecule has 0 spiro atoms. The highest BCUT2D eigenvalue weighted by atomic mass is 32.3. The van der Waals surface area contributed by atoms with Gasteiger partial charge in [-0.2, -0.15) is 13.2 Å². The van der Waals surface area contributed by atoms with Crippen LogP contribution in [-0.4, -0.2) is 41.6 Å². The molecule has 0 aromatic carbocycles. The lowest BCUT2D eigenvalue weighted by Gasteiger charge is -2.28. The van der Waals surface area contributed by atoms with Crippen LogP contribution in [0.2, 0.25) is 0 Å². The van der Waals surface area contributed by atoms with Gasteiger partial charge in [-0.3, -0.25) is 8.42 Å². The third kappa shape index (κ3) is 4.92. The number of ketones is 1. The van der Waals surface area contributed by atoms with Crippen molar-refractivity contribution in [1.29, 1.82) is 0 Å². The molecule has 9 heteroatoms. The molecule has 4 nitrogen and oxygen atoms in total. The van der Waals surface area contributed by atoms with Crippen LogP contribution in [-0.2, 0) is 14.9 Å². The molecule has 0 bridgehead atoms. The van der Waals surface area contributed by atoms with Gasteiger partial charge in [-0.05, 0) is 23.2 Å². The van der Waals surface area contributed by atoms with Crippen LogP contribution in [0.3, 0.4) is 0 Å².